The zero-order chi connectivity index (χ0) is 14.8. The van der Waals surface area contributed by atoms with E-state index in [1.807, 2.05) is 30.3 Å². The van der Waals surface area contributed by atoms with Gasteiger partial charge in [-0.2, -0.15) is 4.98 Å². The summed E-state index contributed by atoms with van der Waals surface area (Å²) in [5, 5.41) is 13.0. The number of aromatic nitrogens is 2. The molecule has 1 unspecified atom stereocenters. The lowest BCUT2D eigenvalue weighted by molar-refractivity contribution is 0.367. The third kappa shape index (κ3) is 2.61. The van der Waals surface area contributed by atoms with E-state index in [1.165, 1.54) is 12.1 Å². The van der Waals surface area contributed by atoms with Crippen molar-refractivity contribution in [3.05, 3.63) is 65.8 Å². The fourth-order valence-electron chi connectivity index (χ4n) is 1.93. The first kappa shape index (κ1) is 13.3. The first-order valence-electron chi connectivity index (χ1n) is 6.28. The Bertz CT molecular complexity index is 759. The summed E-state index contributed by atoms with van der Waals surface area (Å²) >= 11 is 0. The molecule has 6 heteroatoms. The van der Waals surface area contributed by atoms with Gasteiger partial charge in [0.2, 0.25) is 11.7 Å². The predicted molar refractivity (Wildman–Crippen MR) is 73.8 cm³/mol. The van der Waals surface area contributed by atoms with Crippen LogP contribution in [0.15, 0.2) is 53.1 Å². The fourth-order valence-corrected chi connectivity index (χ4v) is 1.93. The summed E-state index contributed by atoms with van der Waals surface area (Å²) in [5.74, 6) is -0.713. The molecule has 0 aliphatic rings. The highest BCUT2D eigenvalue weighted by atomic mass is 19.1. The Labute approximate surface area is 119 Å². The van der Waals surface area contributed by atoms with E-state index in [2.05, 4.69) is 10.1 Å². The van der Waals surface area contributed by atoms with Gasteiger partial charge in [0.15, 0.2) is 11.6 Å². The number of halogens is 1. The van der Waals surface area contributed by atoms with Crippen LogP contribution in [0, 0.1) is 5.82 Å². The molecule has 3 N–H and O–H groups in total. The number of phenolic OH excluding ortho intramolecular Hbond substituents is 1. The molecule has 0 fully saturated rings. The van der Waals surface area contributed by atoms with Crippen molar-refractivity contribution in [1.29, 1.82) is 0 Å². The Morgan fingerprint density at radius 2 is 1.90 bits per heavy atom. The first-order valence-corrected chi connectivity index (χ1v) is 6.28. The predicted octanol–water partition coefficient (Wildman–Crippen LogP) is 2.63. The highest BCUT2D eigenvalue weighted by Gasteiger charge is 2.17. The van der Waals surface area contributed by atoms with E-state index >= 15 is 0 Å². The first-order chi connectivity index (χ1) is 10.1. The van der Waals surface area contributed by atoms with Gasteiger partial charge in [0.1, 0.15) is 6.04 Å². The molecule has 0 bridgehead atoms. The Balaban J connectivity index is 1.91. The van der Waals surface area contributed by atoms with Crippen molar-refractivity contribution < 1.29 is 14.0 Å². The van der Waals surface area contributed by atoms with Gasteiger partial charge in [-0.1, -0.05) is 35.5 Å². The molecule has 0 aliphatic heterocycles. The van der Waals surface area contributed by atoms with Crippen LogP contribution in [0.4, 0.5) is 4.39 Å². The van der Waals surface area contributed by atoms with Gasteiger partial charge in [-0.15, -0.1) is 0 Å². The molecule has 106 valence electrons. The minimum atomic E-state index is -0.744. The molecule has 1 heterocycles. The summed E-state index contributed by atoms with van der Waals surface area (Å²) in [6, 6.07) is 12.6. The molecule has 1 atom stereocenters. The average Bonchev–Trinajstić information content (AvgIpc) is 3.00. The normalized spacial score (nSPS) is 12.3. The largest absolute Gasteiger partial charge is 0.505 e. The smallest absolute Gasteiger partial charge is 0.248 e. The number of hydrogen-bond acceptors (Lipinski definition) is 5. The fraction of sp³-hybridized carbons (Fsp3) is 0.0667. The van der Waals surface area contributed by atoms with E-state index in [1.54, 1.807) is 0 Å². The number of aromatic hydroxyl groups is 1. The van der Waals surface area contributed by atoms with Crippen LogP contribution in [0.3, 0.4) is 0 Å². The van der Waals surface area contributed by atoms with Crippen LogP contribution in [-0.2, 0) is 0 Å². The molecular formula is C15H12FN3O2. The monoisotopic (exact) mass is 285 g/mol. The molecule has 21 heavy (non-hydrogen) atoms. The van der Waals surface area contributed by atoms with E-state index in [4.69, 9.17) is 10.3 Å². The molecule has 3 rings (SSSR count). The van der Waals surface area contributed by atoms with Gasteiger partial charge in [-0.25, -0.2) is 4.39 Å². The summed E-state index contributed by atoms with van der Waals surface area (Å²) in [4.78, 5) is 4.18. The second-order valence-electron chi connectivity index (χ2n) is 4.51. The number of benzene rings is 2. The summed E-state index contributed by atoms with van der Waals surface area (Å²) in [5.41, 5.74) is 7.29. The van der Waals surface area contributed by atoms with Crippen molar-refractivity contribution in [3.8, 4) is 17.1 Å². The van der Waals surface area contributed by atoms with E-state index in [9.17, 15) is 9.50 Å². The quantitative estimate of drug-likeness (QED) is 0.772. The van der Waals surface area contributed by atoms with Gasteiger partial charge in [-0.05, 0) is 23.8 Å². The maximum atomic E-state index is 13.3. The standard InChI is InChI=1S/C15H12FN3O2/c16-11-8-10(6-7-12(11)20)14-18-15(21-19-14)13(17)9-4-2-1-3-5-9/h1-8,13,20H,17H2. The van der Waals surface area contributed by atoms with Gasteiger partial charge in [0, 0.05) is 5.56 Å². The number of nitrogens with zero attached hydrogens (tertiary/aromatic N) is 2. The van der Waals surface area contributed by atoms with Crippen LogP contribution in [0.2, 0.25) is 0 Å². The Kier molecular flexibility index (Phi) is 3.37. The van der Waals surface area contributed by atoms with Crippen molar-refractivity contribution in [1.82, 2.24) is 10.1 Å². The van der Waals surface area contributed by atoms with E-state index in [-0.39, 0.29) is 11.7 Å². The van der Waals surface area contributed by atoms with Crippen LogP contribution >= 0.6 is 0 Å². The second kappa shape index (κ2) is 5.34. The summed E-state index contributed by atoms with van der Waals surface area (Å²) < 4.78 is 18.5. The molecule has 0 saturated heterocycles. The highest BCUT2D eigenvalue weighted by Crippen LogP contribution is 2.25. The minimum absolute atomic E-state index is 0.218. The summed E-state index contributed by atoms with van der Waals surface area (Å²) in [7, 11) is 0. The summed E-state index contributed by atoms with van der Waals surface area (Å²) in [6.45, 7) is 0. The Morgan fingerprint density at radius 1 is 1.14 bits per heavy atom. The molecule has 0 aliphatic carbocycles. The van der Waals surface area contributed by atoms with Gasteiger partial charge in [-0.3, -0.25) is 0 Å². The molecule has 0 radical (unpaired) electrons. The third-order valence-corrected chi connectivity index (χ3v) is 3.07. The van der Waals surface area contributed by atoms with Crippen molar-refractivity contribution in [2.75, 3.05) is 0 Å². The molecule has 1 aromatic heterocycles. The number of phenols is 1. The Morgan fingerprint density at radius 3 is 2.62 bits per heavy atom. The van der Waals surface area contributed by atoms with Gasteiger partial charge < -0.3 is 15.4 Å². The third-order valence-electron chi connectivity index (χ3n) is 3.07. The van der Waals surface area contributed by atoms with E-state index < -0.39 is 17.6 Å². The van der Waals surface area contributed by atoms with Crippen LogP contribution in [0.1, 0.15) is 17.5 Å². The van der Waals surface area contributed by atoms with Crippen LogP contribution in [0.25, 0.3) is 11.4 Å². The average molecular weight is 285 g/mol. The van der Waals surface area contributed by atoms with Crippen LogP contribution in [-0.4, -0.2) is 15.2 Å². The lowest BCUT2D eigenvalue weighted by atomic mass is 10.1. The van der Waals surface area contributed by atoms with Crippen molar-refractivity contribution in [3.63, 3.8) is 0 Å². The highest BCUT2D eigenvalue weighted by molar-refractivity contribution is 5.56. The zero-order valence-electron chi connectivity index (χ0n) is 10.9. The minimum Gasteiger partial charge on any atom is -0.505 e. The lowest BCUT2D eigenvalue weighted by Gasteiger charge is -2.05. The zero-order valence-corrected chi connectivity index (χ0v) is 10.9. The molecular weight excluding hydrogens is 273 g/mol. The number of hydrogen-bond donors (Lipinski definition) is 2. The van der Waals surface area contributed by atoms with Crippen LogP contribution in [0.5, 0.6) is 5.75 Å². The van der Waals surface area contributed by atoms with Crippen LogP contribution < -0.4 is 5.73 Å². The van der Waals surface area contributed by atoms with Gasteiger partial charge in [0.05, 0.1) is 0 Å². The van der Waals surface area contributed by atoms with Gasteiger partial charge >= 0.3 is 0 Å². The lowest BCUT2D eigenvalue weighted by Crippen LogP contribution is -2.11. The SMILES string of the molecule is NC(c1ccccc1)c1nc(-c2ccc(O)c(F)c2)no1. The number of rotatable bonds is 3. The van der Waals surface area contributed by atoms with Gasteiger partial charge in [0.25, 0.3) is 0 Å². The maximum absolute atomic E-state index is 13.3. The topological polar surface area (TPSA) is 85.2 Å². The molecule has 0 spiro atoms. The molecule has 0 saturated carbocycles. The van der Waals surface area contributed by atoms with Crippen molar-refractivity contribution >= 4 is 0 Å². The van der Waals surface area contributed by atoms with E-state index in [0.29, 0.717) is 5.56 Å². The van der Waals surface area contributed by atoms with Crippen molar-refractivity contribution in [2.24, 2.45) is 5.73 Å². The summed E-state index contributed by atoms with van der Waals surface area (Å²) in [6.07, 6.45) is 0. The van der Waals surface area contributed by atoms with Crippen molar-refractivity contribution in [2.45, 2.75) is 6.04 Å². The molecule has 0 amide bonds. The second-order valence-corrected chi connectivity index (χ2v) is 4.51. The molecule has 2 aromatic carbocycles. The molecule has 5 nitrogen and oxygen atoms in total. The Hall–Kier alpha value is -2.73. The maximum Gasteiger partial charge on any atom is 0.248 e. The molecule has 3 aromatic rings. The number of nitrogens with two attached hydrogens (primary N) is 1. The van der Waals surface area contributed by atoms with E-state index in [0.717, 1.165) is 11.6 Å².